The molecule has 2 heterocycles. The topological polar surface area (TPSA) is 87.2 Å². The number of amides is 4. The van der Waals surface area contributed by atoms with Crippen LogP contribution in [0, 0.1) is 12.8 Å². The minimum Gasteiger partial charge on any atom is -0.444 e. The smallest absolute Gasteiger partial charge is 0.410 e. The molecule has 180 valence electrons. The number of hydrogen-bond donors (Lipinski definition) is 0. The molecule has 2 aliphatic rings. The zero-order chi connectivity index (χ0) is 24.3. The number of carbonyl (C=O) groups is 4. The van der Waals surface area contributed by atoms with E-state index in [0.717, 1.165) is 18.4 Å². The van der Waals surface area contributed by atoms with Crippen molar-refractivity contribution in [3.8, 4) is 0 Å². The maximum absolute atomic E-state index is 12.8. The Morgan fingerprint density at radius 3 is 2.55 bits per heavy atom. The molecule has 1 aromatic rings. The van der Waals surface area contributed by atoms with Gasteiger partial charge in [-0.1, -0.05) is 11.6 Å². The van der Waals surface area contributed by atoms with Gasteiger partial charge >= 0.3 is 6.09 Å². The molecular formula is C25H35N3O5. The SMILES string of the molecule is Cc1ccc2c(c1)C(=O)N(CCCC(=O)N1CCCC(CN(C)C(=O)OC(C)(C)C)C1)C2=O. The van der Waals surface area contributed by atoms with Gasteiger partial charge in [0, 0.05) is 39.6 Å². The summed E-state index contributed by atoms with van der Waals surface area (Å²) in [6, 6.07) is 5.26. The summed E-state index contributed by atoms with van der Waals surface area (Å²) in [5, 5.41) is 0. The summed E-state index contributed by atoms with van der Waals surface area (Å²) in [6.45, 7) is 9.45. The maximum atomic E-state index is 12.8. The standard InChI is InChI=1S/C25H35N3O5/c1-17-10-11-19-20(14-17)23(31)28(22(19)30)13-7-9-21(29)27-12-6-8-18(16-27)15-26(5)24(32)33-25(2,3)4/h10-11,14,18H,6-9,12-13,15-16H2,1-5H3. The van der Waals surface area contributed by atoms with Crippen molar-refractivity contribution in [2.75, 3.05) is 33.2 Å². The minimum atomic E-state index is -0.543. The second-order valence-electron chi connectivity index (χ2n) is 10.1. The van der Waals surface area contributed by atoms with Crippen molar-refractivity contribution >= 4 is 23.8 Å². The first-order valence-electron chi connectivity index (χ1n) is 11.6. The molecule has 0 aliphatic carbocycles. The molecule has 1 fully saturated rings. The third kappa shape index (κ3) is 6.12. The van der Waals surface area contributed by atoms with Gasteiger partial charge in [-0.25, -0.2) is 4.79 Å². The van der Waals surface area contributed by atoms with Crippen molar-refractivity contribution < 1.29 is 23.9 Å². The van der Waals surface area contributed by atoms with Crippen LogP contribution >= 0.6 is 0 Å². The van der Waals surface area contributed by atoms with E-state index in [1.165, 1.54) is 4.90 Å². The fourth-order valence-electron chi connectivity index (χ4n) is 4.40. The van der Waals surface area contributed by atoms with Gasteiger partial charge in [0.2, 0.25) is 5.91 Å². The van der Waals surface area contributed by atoms with Crippen LogP contribution in [0.4, 0.5) is 4.79 Å². The highest BCUT2D eigenvalue weighted by Gasteiger charge is 2.35. The molecule has 0 N–H and O–H groups in total. The molecule has 3 rings (SSSR count). The Morgan fingerprint density at radius 1 is 1.15 bits per heavy atom. The van der Waals surface area contributed by atoms with Crippen LogP contribution < -0.4 is 0 Å². The molecule has 0 radical (unpaired) electrons. The first-order chi connectivity index (χ1) is 15.5. The highest BCUT2D eigenvalue weighted by atomic mass is 16.6. The van der Waals surface area contributed by atoms with E-state index < -0.39 is 5.60 Å². The van der Waals surface area contributed by atoms with E-state index in [1.807, 2.05) is 38.7 Å². The van der Waals surface area contributed by atoms with Crippen LogP contribution in [0.2, 0.25) is 0 Å². The lowest BCUT2D eigenvalue weighted by Gasteiger charge is -2.35. The number of rotatable bonds is 6. The number of benzene rings is 1. The summed E-state index contributed by atoms with van der Waals surface area (Å²) < 4.78 is 5.41. The monoisotopic (exact) mass is 457 g/mol. The van der Waals surface area contributed by atoms with Gasteiger partial charge in [-0.3, -0.25) is 19.3 Å². The zero-order valence-electron chi connectivity index (χ0n) is 20.3. The molecule has 1 unspecified atom stereocenters. The van der Waals surface area contributed by atoms with Gasteiger partial charge in [0.05, 0.1) is 11.1 Å². The van der Waals surface area contributed by atoms with E-state index in [9.17, 15) is 19.2 Å². The fourth-order valence-corrected chi connectivity index (χ4v) is 4.40. The van der Waals surface area contributed by atoms with E-state index in [1.54, 1.807) is 24.1 Å². The lowest BCUT2D eigenvalue weighted by molar-refractivity contribution is -0.133. The summed E-state index contributed by atoms with van der Waals surface area (Å²) in [7, 11) is 1.72. The predicted molar refractivity (Wildman–Crippen MR) is 124 cm³/mol. The van der Waals surface area contributed by atoms with E-state index >= 15 is 0 Å². The summed E-state index contributed by atoms with van der Waals surface area (Å²) in [5.74, 6) is -0.355. The molecule has 8 heteroatoms. The number of likely N-dealkylation sites (tertiary alicyclic amines) is 1. The van der Waals surface area contributed by atoms with Crippen molar-refractivity contribution in [3.63, 3.8) is 0 Å². The van der Waals surface area contributed by atoms with Gasteiger partial charge in [0.25, 0.3) is 11.8 Å². The minimum absolute atomic E-state index is 0.0204. The normalized spacial score (nSPS) is 18.4. The van der Waals surface area contributed by atoms with E-state index in [4.69, 9.17) is 4.74 Å². The average Bonchev–Trinajstić information content (AvgIpc) is 2.96. The van der Waals surface area contributed by atoms with Gasteiger partial charge in [0.1, 0.15) is 5.60 Å². The van der Waals surface area contributed by atoms with Crippen LogP contribution in [-0.4, -0.2) is 77.3 Å². The quantitative estimate of drug-likeness (QED) is 0.611. The molecule has 1 aromatic carbocycles. The zero-order valence-corrected chi connectivity index (χ0v) is 20.3. The van der Waals surface area contributed by atoms with Gasteiger partial charge in [-0.2, -0.15) is 0 Å². The molecule has 4 amide bonds. The molecule has 8 nitrogen and oxygen atoms in total. The van der Waals surface area contributed by atoms with E-state index in [-0.39, 0.29) is 42.7 Å². The molecule has 0 aromatic heterocycles. The van der Waals surface area contributed by atoms with Crippen molar-refractivity contribution in [2.24, 2.45) is 5.92 Å². The third-order valence-electron chi connectivity index (χ3n) is 6.01. The number of imide groups is 1. The maximum Gasteiger partial charge on any atom is 0.410 e. The van der Waals surface area contributed by atoms with Gasteiger partial charge in [0.15, 0.2) is 0 Å². The molecule has 2 aliphatic heterocycles. The fraction of sp³-hybridized carbons (Fsp3) is 0.600. The molecular weight excluding hydrogens is 422 g/mol. The lowest BCUT2D eigenvalue weighted by Crippen LogP contribution is -2.45. The summed E-state index contributed by atoms with van der Waals surface area (Å²) in [6.07, 6.45) is 2.19. The number of ether oxygens (including phenoxy) is 1. The predicted octanol–water partition coefficient (Wildman–Crippen LogP) is 3.48. The Bertz CT molecular complexity index is 936. The van der Waals surface area contributed by atoms with Crippen LogP contribution in [0.25, 0.3) is 0 Å². The van der Waals surface area contributed by atoms with Crippen LogP contribution in [0.15, 0.2) is 18.2 Å². The van der Waals surface area contributed by atoms with E-state index in [0.29, 0.717) is 37.2 Å². The largest absolute Gasteiger partial charge is 0.444 e. The number of aryl methyl sites for hydroxylation is 1. The Labute approximate surface area is 195 Å². The van der Waals surface area contributed by atoms with Crippen molar-refractivity contribution in [3.05, 3.63) is 34.9 Å². The highest BCUT2D eigenvalue weighted by Crippen LogP contribution is 2.25. The van der Waals surface area contributed by atoms with Crippen molar-refractivity contribution in [1.29, 1.82) is 0 Å². The summed E-state index contributed by atoms with van der Waals surface area (Å²) in [5.41, 5.74) is 1.27. The summed E-state index contributed by atoms with van der Waals surface area (Å²) >= 11 is 0. The van der Waals surface area contributed by atoms with Crippen molar-refractivity contribution in [1.82, 2.24) is 14.7 Å². The molecule has 0 spiro atoms. The van der Waals surface area contributed by atoms with Gasteiger partial charge < -0.3 is 14.5 Å². The van der Waals surface area contributed by atoms with Gasteiger partial charge in [-0.05, 0) is 65.0 Å². The number of fused-ring (bicyclic) bond motifs is 1. The van der Waals surface area contributed by atoms with Crippen LogP contribution in [-0.2, 0) is 9.53 Å². The molecule has 33 heavy (non-hydrogen) atoms. The lowest BCUT2D eigenvalue weighted by atomic mass is 9.97. The van der Waals surface area contributed by atoms with Gasteiger partial charge in [-0.15, -0.1) is 0 Å². The third-order valence-corrected chi connectivity index (χ3v) is 6.01. The summed E-state index contributed by atoms with van der Waals surface area (Å²) in [4.78, 5) is 54.8. The van der Waals surface area contributed by atoms with Crippen LogP contribution in [0.1, 0.15) is 72.7 Å². The molecule has 1 atom stereocenters. The average molecular weight is 458 g/mol. The number of piperidine rings is 1. The Balaban J connectivity index is 1.46. The highest BCUT2D eigenvalue weighted by molar-refractivity contribution is 6.21. The van der Waals surface area contributed by atoms with Crippen LogP contribution in [0.5, 0.6) is 0 Å². The Hall–Kier alpha value is -2.90. The molecule has 1 saturated heterocycles. The Morgan fingerprint density at radius 2 is 1.85 bits per heavy atom. The number of carbonyl (C=O) groups excluding carboxylic acids is 4. The molecule has 0 saturated carbocycles. The Kier molecular flexibility index (Phi) is 7.44. The van der Waals surface area contributed by atoms with E-state index in [2.05, 4.69) is 0 Å². The first-order valence-corrected chi connectivity index (χ1v) is 11.6. The second kappa shape index (κ2) is 9.93. The molecule has 0 bridgehead atoms. The number of hydrogen-bond acceptors (Lipinski definition) is 5. The van der Waals surface area contributed by atoms with Crippen LogP contribution in [0.3, 0.4) is 0 Å². The van der Waals surface area contributed by atoms with Crippen molar-refractivity contribution in [2.45, 2.75) is 59.0 Å². The first kappa shape index (κ1) is 24.7. The number of nitrogens with zero attached hydrogens (tertiary/aromatic N) is 3. The second-order valence-corrected chi connectivity index (χ2v) is 10.1.